The molecule has 0 unspecified atom stereocenters. The summed E-state index contributed by atoms with van der Waals surface area (Å²) in [5.41, 5.74) is 1.46. The van der Waals surface area contributed by atoms with Gasteiger partial charge in [-0.1, -0.05) is 26.8 Å². The fraction of sp³-hybridized carbons (Fsp3) is 0.625. The van der Waals surface area contributed by atoms with Crippen molar-refractivity contribution in [2.24, 2.45) is 0 Å². The molecule has 1 aliphatic rings. The standard InChI is InChI=1S/C16H25NO2/c1-4-17-9-8-16(2,3)13-6-7-14-15(12-13)19-11-5-10-18-14/h6-7,12,17H,4-5,8-11H2,1-3H3. The first kappa shape index (κ1) is 14.2. The molecule has 0 aromatic heterocycles. The average molecular weight is 263 g/mol. The zero-order valence-corrected chi connectivity index (χ0v) is 12.3. The van der Waals surface area contributed by atoms with E-state index in [1.165, 1.54) is 5.56 Å². The van der Waals surface area contributed by atoms with E-state index in [1.54, 1.807) is 0 Å². The molecule has 3 heteroatoms. The quantitative estimate of drug-likeness (QED) is 0.828. The van der Waals surface area contributed by atoms with Crippen molar-refractivity contribution in [3.8, 4) is 11.5 Å². The lowest BCUT2D eigenvalue weighted by Gasteiger charge is -2.26. The van der Waals surface area contributed by atoms with Gasteiger partial charge in [0, 0.05) is 6.42 Å². The Bertz CT molecular complexity index is 415. The van der Waals surface area contributed by atoms with Crippen molar-refractivity contribution in [3.63, 3.8) is 0 Å². The Kier molecular flexibility index (Phi) is 4.70. The van der Waals surface area contributed by atoms with Crippen molar-refractivity contribution >= 4 is 0 Å². The fourth-order valence-electron chi connectivity index (χ4n) is 2.31. The molecule has 1 aromatic rings. The van der Waals surface area contributed by atoms with Gasteiger partial charge in [-0.3, -0.25) is 0 Å². The Morgan fingerprint density at radius 1 is 1.16 bits per heavy atom. The van der Waals surface area contributed by atoms with Crippen LogP contribution in [0.5, 0.6) is 11.5 Å². The van der Waals surface area contributed by atoms with Crippen LogP contribution in [-0.4, -0.2) is 26.3 Å². The molecule has 1 N–H and O–H groups in total. The monoisotopic (exact) mass is 263 g/mol. The molecule has 2 rings (SSSR count). The Balaban J connectivity index is 2.13. The predicted octanol–water partition coefficient (Wildman–Crippen LogP) is 3.13. The fourth-order valence-corrected chi connectivity index (χ4v) is 2.31. The summed E-state index contributed by atoms with van der Waals surface area (Å²) in [5.74, 6) is 1.77. The number of fused-ring (bicyclic) bond motifs is 1. The van der Waals surface area contributed by atoms with E-state index in [-0.39, 0.29) is 5.41 Å². The smallest absolute Gasteiger partial charge is 0.161 e. The van der Waals surface area contributed by atoms with E-state index in [0.29, 0.717) is 0 Å². The normalized spacial score (nSPS) is 15.1. The van der Waals surface area contributed by atoms with Crippen molar-refractivity contribution in [3.05, 3.63) is 23.8 Å². The third-order valence-electron chi connectivity index (χ3n) is 3.71. The maximum atomic E-state index is 5.77. The molecular weight excluding hydrogens is 238 g/mol. The Labute approximate surface area is 116 Å². The molecule has 106 valence electrons. The largest absolute Gasteiger partial charge is 0.490 e. The SMILES string of the molecule is CCNCCC(C)(C)c1ccc2c(c1)OCCCO2. The van der Waals surface area contributed by atoms with Gasteiger partial charge >= 0.3 is 0 Å². The lowest BCUT2D eigenvalue weighted by atomic mass is 9.81. The van der Waals surface area contributed by atoms with Crippen LogP contribution in [0.1, 0.15) is 39.2 Å². The molecule has 1 aromatic carbocycles. The molecule has 0 saturated heterocycles. The molecule has 0 radical (unpaired) electrons. The minimum Gasteiger partial charge on any atom is -0.490 e. The van der Waals surface area contributed by atoms with Gasteiger partial charge in [0.15, 0.2) is 11.5 Å². The number of hydrogen-bond acceptors (Lipinski definition) is 3. The number of rotatable bonds is 5. The van der Waals surface area contributed by atoms with Crippen molar-refractivity contribution in [2.45, 2.75) is 39.0 Å². The summed E-state index contributed by atoms with van der Waals surface area (Å²) < 4.78 is 11.4. The van der Waals surface area contributed by atoms with Crippen LogP contribution in [0.3, 0.4) is 0 Å². The Morgan fingerprint density at radius 3 is 2.63 bits per heavy atom. The highest BCUT2D eigenvalue weighted by Crippen LogP contribution is 2.36. The van der Waals surface area contributed by atoms with Crippen LogP contribution in [0, 0.1) is 0 Å². The zero-order valence-electron chi connectivity index (χ0n) is 12.3. The maximum absolute atomic E-state index is 5.77. The molecule has 0 amide bonds. The van der Waals surface area contributed by atoms with E-state index in [9.17, 15) is 0 Å². The van der Waals surface area contributed by atoms with Gasteiger partial charge in [0.25, 0.3) is 0 Å². The summed E-state index contributed by atoms with van der Waals surface area (Å²) in [4.78, 5) is 0. The van der Waals surface area contributed by atoms with E-state index in [4.69, 9.17) is 9.47 Å². The second-order valence-corrected chi connectivity index (χ2v) is 5.70. The predicted molar refractivity (Wildman–Crippen MR) is 78.2 cm³/mol. The van der Waals surface area contributed by atoms with Crippen molar-refractivity contribution in [1.29, 1.82) is 0 Å². The summed E-state index contributed by atoms with van der Waals surface area (Å²) in [6, 6.07) is 6.36. The van der Waals surface area contributed by atoms with Gasteiger partial charge in [0.1, 0.15) is 0 Å². The second kappa shape index (κ2) is 6.29. The van der Waals surface area contributed by atoms with Crippen LogP contribution >= 0.6 is 0 Å². The van der Waals surface area contributed by atoms with Gasteiger partial charge in [-0.05, 0) is 42.6 Å². The number of nitrogens with one attached hydrogen (secondary N) is 1. The van der Waals surface area contributed by atoms with E-state index < -0.39 is 0 Å². The molecule has 1 aliphatic heterocycles. The van der Waals surface area contributed by atoms with Gasteiger partial charge in [0.2, 0.25) is 0 Å². The van der Waals surface area contributed by atoms with Crippen LogP contribution in [0.25, 0.3) is 0 Å². The van der Waals surface area contributed by atoms with E-state index in [0.717, 1.165) is 50.6 Å². The number of ether oxygens (including phenoxy) is 2. The van der Waals surface area contributed by atoms with Gasteiger partial charge in [-0.2, -0.15) is 0 Å². The topological polar surface area (TPSA) is 30.5 Å². The van der Waals surface area contributed by atoms with E-state index >= 15 is 0 Å². The molecule has 0 spiro atoms. The van der Waals surface area contributed by atoms with Gasteiger partial charge in [-0.25, -0.2) is 0 Å². The van der Waals surface area contributed by atoms with Crippen LogP contribution in [0.2, 0.25) is 0 Å². The van der Waals surface area contributed by atoms with Crippen LogP contribution in [-0.2, 0) is 5.41 Å². The first-order valence-electron chi connectivity index (χ1n) is 7.24. The first-order chi connectivity index (χ1) is 9.13. The molecule has 3 nitrogen and oxygen atoms in total. The van der Waals surface area contributed by atoms with Crippen molar-refractivity contribution in [1.82, 2.24) is 5.32 Å². The summed E-state index contributed by atoms with van der Waals surface area (Å²) in [5, 5.41) is 3.39. The van der Waals surface area contributed by atoms with Gasteiger partial charge in [-0.15, -0.1) is 0 Å². The highest BCUT2D eigenvalue weighted by atomic mass is 16.5. The Hall–Kier alpha value is -1.22. The second-order valence-electron chi connectivity index (χ2n) is 5.70. The lowest BCUT2D eigenvalue weighted by Crippen LogP contribution is -2.25. The lowest BCUT2D eigenvalue weighted by molar-refractivity contribution is 0.296. The first-order valence-corrected chi connectivity index (χ1v) is 7.24. The minimum absolute atomic E-state index is 0.146. The highest BCUT2D eigenvalue weighted by Gasteiger charge is 2.22. The Morgan fingerprint density at radius 2 is 1.89 bits per heavy atom. The minimum atomic E-state index is 0.146. The van der Waals surface area contributed by atoms with Crippen molar-refractivity contribution < 1.29 is 9.47 Å². The third-order valence-corrected chi connectivity index (χ3v) is 3.71. The van der Waals surface area contributed by atoms with Crippen LogP contribution in [0.4, 0.5) is 0 Å². The molecular formula is C16H25NO2. The number of benzene rings is 1. The summed E-state index contributed by atoms with van der Waals surface area (Å²) in [6.45, 7) is 10.3. The van der Waals surface area contributed by atoms with Crippen LogP contribution < -0.4 is 14.8 Å². The summed E-state index contributed by atoms with van der Waals surface area (Å²) >= 11 is 0. The molecule has 0 bridgehead atoms. The molecule has 19 heavy (non-hydrogen) atoms. The van der Waals surface area contributed by atoms with Crippen molar-refractivity contribution in [2.75, 3.05) is 26.3 Å². The average Bonchev–Trinajstić information content (AvgIpc) is 2.63. The number of hydrogen-bond donors (Lipinski definition) is 1. The van der Waals surface area contributed by atoms with Crippen LogP contribution in [0.15, 0.2) is 18.2 Å². The van der Waals surface area contributed by atoms with E-state index in [2.05, 4.69) is 38.2 Å². The summed E-state index contributed by atoms with van der Waals surface area (Å²) in [7, 11) is 0. The molecule has 0 fully saturated rings. The highest BCUT2D eigenvalue weighted by molar-refractivity contribution is 5.45. The maximum Gasteiger partial charge on any atom is 0.161 e. The molecule has 1 heterocycles. The van der Waals surface area contributed by atoms with Gasteiger partial charge in [0.05, 0.1) is 13.2 Å². The molecule has 0 atom stereocenters. The summed E-state index contributed by atoms with van der Waals surface area (Å²) in [6.07, 6.45) is 2.06. The zero-order chi connectivity index (χ0) is 13.7. The molecule has 0 saturated carbocycles. The molecule has 0 aliphatic carbocycles. The third kappa shape index (κ3) is 3.63. The van der Waals surface area contributed by atoms with E-state index in [1.807, 2.05) is 6.07 Å². The van der Waals surface area contributed by atoms with Gasteiger partial charge < -0.3 is 14.8 Å².